The van der Waals surface area contributed by atoms with E-state index in [9.17, 15) is 9.59 Å². The third kappa shape index (κ3) is 3.69. The maximum absolute atomic E-state index is 11.9. The molecule has 0 unspecified atom stereocenters. The molecule has 0 aliphatic rings. The number of amides is 1. The van der Waals surface area contributed by atoms with Crippen molar-refractivity contribution in [1.29, 1.82) is 0 Å². The second-order valence-electron chi connectivity index (χ2n) is 3.41. The normalized spacial score (nSPS) is 11.8. The zero-order valence-corrected chi connectivity index (χ0v) is 11.9. The van der Waals surface area contributed by atoms with Gasteiger partial charge >= 0.3 is 5.97 Å². The number of methoxy groups -OCH3 is 1. The molecule has 0 fully saturated rings. The van der Waals surface area contributed by atoms with Crippen LogP contribution in [0.5, 0.6) is 0 Å². The number of rotatable bonds is 4. The summed E-state index contributed by atoms with van der Waals surface area (Å²) >= 11 is 9.16. The molecule has 3 N–H and O–H groups in total. The third-order valence-electron chi connectivity index (χ3n) is 2.20. The zero-order chi connectivity index (χ0) is 13.7. The quantitative estimate of drug-likeness (QED) is 0.814. The number of carbonyl (C=O) groups is 2. The molecule has 0 radical (unpaired) electrons. The minimum absolute atomic E-state index is 0.0490. The van der Waals surface area contributed by atoms with Crippen LogP contribution in [0.1, 0.15) is 10.4 Å². The van der Waals surface area contributed by atoms with Gasteiger partial charge in [-0.15, -0.1) is 0 Å². The van der Waals surface area contributed by atoms with Crippen molar-refractivity contribution in [2.45, 2.75) is 6.04 Å². The van der Waals surface area contributed by atoms with Crippen LogP contribution in [-0.2, 0) is 9.53 Å². The number of esters is 1. The van der Waals surface area contributed by atoms with E-state index in [1.165, 1.54) is 7.11 Å². The molecule has 0 saturated heterocycles. The number of hydrogen-bond acceptors (Lipinski definition) is 4. The standard InChI is InChI=1S/C11H12BrClN2O3/c1-18-11(17)9(5-14)15-10(16)7-3-2-6(12)4-8(7)13/h2-4,9H,5,14H2,1H3,(H,15,16)/t9-/m0/s1. The Morgan fingerprint density at radius 3 is 2.72 bits per heavy atom. The van der Waals surface area contributed by atoms with E-state index in [0.717, 1.165) is 4.47 Å². The molecule has 7 heteroatoms. The Bertz CT molecular complexity index is 468. The number of nitrogens with two attached hydrogens (primary N) is 1. The monoisotopic (exact) mass is 334 g/mol. The van der Waals surface area contributed by atoms with Gasteiger partial charge in [0.15, 0.2) is 0 Å². The van der Waals surface area contributed by atoms with E-state index in [1.807, 2.05) is 0 Å². The highest BCUT2D eigenvalue weighted by Crippen LogP contribution is 2.21. The molecule has 1 aromatic rings. The van der Waals surface area contributed by atoms with E-state index in [1.54, 1.807) is 18.2 Å². The number of halogens is 2. The lowest BCUT2D eigenvalue weighted by atomic mass is 10.2. The topological polar surface area (TPSA) is 81.4 Å². The van der Waals surface area contributed by atoms with Crippen LogP contribution >= 0.6 is 27.5 Å². The Labute approximate surface area is 118 Å². The van der Waals surface area contributed by atoms with Crippen molar-refractivity contribution < 1.29 is 14.3 Å². The molecule has 0 bridgehead atoms. The lowest BCUT2D eigenvalue weighted by Gasteiger charge is -2.14. The van der Waals surface area contributed by atoms with Gasteiger partial charge in [0, 0.05) is 11.0 Å². The van der Waals surface area contributed by atoms with E-state index in [2.05, 4.69) is 26.0 Å². The number of hydrogen-bond donors (Lipinski definition) is 2. The number of ether oxygens (including phenoxy) is 1. The lowest BCUT2D eigenvalue weighted by molar-refractivity contribution is -0.142. The first kappa shape index (κ1) is 14.9. The highest BCUT2D eigenvalue weighted by atomic mass is 79.9. The average Bonchev–Trinajstić information content (AvgIpc) is 2.34. The Balaban J connectivity index is 2.84. The summed E-state index contributed by atoms with van der Waals surface area (Å²) in [5.41, 5.74) is 5.65. The van der Waals surface area contributed by atoms with Gasteiger partial charge in [-0.3, -0.25) is 4.79 Å². The maximum atomic E-state index is 11.9. The Morgan fingerprint density at radius 2 is 2.22 bits per heavy atom. The van der Waals surface area contributed by atoms with Gasteiger partial charge in [-0.25, -0.2) is 4.79 Å². The van der Waals surface area contributed by atoms with Gasteiger partial charge in [0.2, 0.25) is 0 Å². The molecule has 1 amide bonds. The molecule has 0 aliphatic heterocycles. The van der Waals surface area contributed by atoms with Gasteiger partial charge in [0.25, 0.3) is 5.91 Å². The van der Waals surface area contributed by atoms with E-state index >= 15 is 0 Å². The van der Waals surface area contributed by atoms with E-state index in [-0.39, 0.29) is 17.1 Å². The summed E-state index contributed by atoms with van der Waals surface area (Å²) in [4.78, 5) is 23.2. The first-order valence-corrected chi connectivity index (χ1v) is 6.20. The first-order chi connectivity index (χ1) is 8.49. The van der Waals surface area contributed by atoms with Crippen LogP contribution in [0.4, 0.5) is 0 Å². The predicted molar refractivity (Wildman–Crippen MR) is 71.5 cm³/mol. The highest BCUT2D eigenvalue weighted by Gasteiger charge is 2.21. The minimum atomic E-state index is -0.887. The van der Waals surface area contributed by atoms with Crippen molar-refractivity contribution in [3.63, 3.8) is 0 Å². The summed E-state index contributed by atoms with van der Waals surface area (Å²) < 4.78 is 5.27. The summed E-state index contributed by atoms with van der Waals surface area (Å²) in [7, 11) is 1.23. The maximum Gasteiger partial charge on any atom is 0.329 e. The van der Waals surface area contributed by atoms with Crippen LogP contribution in [0, 0.1) is 0 Å². The molecule has 1 atom stereocenters. The predicted octanol–water partition coefficient (Wildman–Crippen LogP) is 1.33. The van der Waals surface area contributed by atoms with Crippen LogP contribution in [0.2, 0.25) is 5.02 Å². The number of benzene rings is 1. The van der Waals surface area contributed by atoms with Gasteiger partial charge in [-0.05, 0) is 18.2 Å². The molecule has 0 aliphatic carbocycles. The van der Waals surface area contributed by atoms with Gasteiger partial charge in [0.05, 0.1) is 17.7 Å². The molecule has 1 rings (SSSR count). The van der Waals surface area contributed by atoms with Crippen LogP contribution in [0.15, 0.2) is 22.7 Å². The summed E-state index contributed by atoms with van der Waals surface area (Å²) in [6, 6.07) is 3.93. The Kier molecular flexibility index (Phi) is 5.58. The summed E-state index contributed by atoms with van der Waals surface area (Å²) in [6.07, 6.45) is 0. The molecule has 0 heterocycles. The van der Waals surface area contributed by atoms with Crippen molar-refractivity contribution in [2.75, 3.05) is 13.7 Å². The second kappa shape index (κ2) is 6.72. The summed E-state index contributed by atoms with van der Waals surface area (Å²) in [6.45, 7) is -0.0490. The molecular weight excluding hydrogens is 323 g/mol. The molecule has 0 aromatic heterocycles. The molecule has 98 valence electrons. The molecule has 0 saturated carbocycles. The van der Waals surface area contributed by atoms with Gasteiger partial charge in [-0.2, -0.15) is 0 Å². The van der Waals surface area contributed by atoms with Crippen molar-refractivity contribution in [2.24, 2.45) is 5.73 Å². The van der Waals surface area contributed by atoms with Crippen molar-refractivity contribution in [1.82, 2.24) is 5.32 Å². The lowest BCUT2D eigenvalue weighted by Crippen LogP contribution is -2.46. The van der Waals surface area contributed by atoms with E-state index < -0.39 is 17.9 Å². The Hall–Kier alpha value is -1.11. The molecule has 1 aromatic carbocycles. The van der Waals surface area contributed by atoms with E-state index in [4.69, 9.17) is 17.3 Å². The van der Waals surface area contributed by atoms with Gasteiger partial charge in [0.1, 0.15) is 6.04 Å². The van der Waals surface area contributed by atoms with Crippen LogP contribution < -0.4 is 11.1 Å². The third-order valence-corrected chi connectivity index (χ3v) is 3.01. The molecule has 5 nitrogen and oxygen atoms in total. The first-order valence-electron chi connectivity index (χ1n) is 5.03. The fourth-order valence-corrected chi connectivity index (χ4v) is 2.03. The minimum Gasteiger partial charge on any atom is -0.467 e. The highest BCUT2D eigenvalue weighted by molar-refractivity contribution is 9.10. The van der Waals surface area contributed by atoms with Crippen molar-refractivity contribution in [3.8, 4) is 0 Å². The van der Waals surface area contributed by atoms with E-state index in [0.29, 0.717) is 0 Å². The van der Waals surface area contributed by atoms with Crippen LogP contribution in [0.25, 0.3) is 0 Å². The Morgan fingerprint density at radius 1 is 1.56 bits per heavy atom. The molecule has 0 spiro atoms. The number of nitrogens with one attached hydrogen (secondary N) is 1. The molecular formula is C11H12BrClN2O3. The van der Waals surface area contributed by atoms with Crippen LogP contribution in [-0.4, -0.2) is 31.6 Å². The van der Waals surface area contributed by atoms with Gasteiger partial charge < -0.3 is 15.8 Å². The van der Waals surface area contributed by atoms with Crippen LogP contribution in [0.3, 0.4) is 0 Å². The fraction of sp³-hybridized carbons (Fsp3) is 0.273. The fourth-order valence-electron chi connectivity index (χ4n) is 1.27. The largest absolute Gasteiger partial charge is 0.467 e. The number of carbonyl (C=O) groups excluding carboxylic acids is 2. The second-order valence-corrected chi connectivity index (χ2v) is 4.73. The van der Waals surface area contributed by atoms with Crippen molar-refractivity contribution in [3.05, 3.63) is 33.3 Å². The molecule has 18 heavy (non-hydrogen) atoms. The summed E-state index contributed by atoms with van der Waals surface area (Å²) in [5, 5.41) is 2.74. The van der Waals surface area contributed by atoms with Gasteiger partial charge in [-0.1, -0.05) is 27.5 Å². The van der Waals surface area contributed by atoms with Crippen molar-refractivity contribution >= 4 is 39.4 Å². The average molecular weight is 336 g/mol. The SMILES string of the molecule is COC(=O)[C@H](CN)NC(=O)c1ccc(Br)cc1Cl. The smallest absolute Gasteiger partial charge is 0.329 e. The summed E-state index contributed by atoms with van der Waals surface area (Å²) in [5.74, 6) is -1.08. The zero-order valence-electron chi connectivity index (χ0n) is 9.57.